The van der Waals surface area contributed by atoms with Crippen molar-refractivity contribution < 1.29 is 0 Å². The van der Waals surface area contributed by atoms with Crippen LogP contribution in [0, 0.1) is 0 Å². The van der Waals surface area contributed by atoms with Gasteiger partial charge in [-0.05, 0) is 12.8 Å². The van der Waals surface area contributed by atoms with Crippen LogP contribution in [0.3, 0.4) is 0 Å². The number of nitrogens with one attached hydrogen (secondary N) is 1. The second kappa shape index (κ2) is 6.07. The molecule has 1 fully saturated rings. The van der Waals surface area contributed by atoms with Gasteiger partial charge in [0.15, 0.2) is 0 Å². The van der Waals surface area contributed by atoms with Gasteiger partial charge in [0.1, 0.15) is 0 Å². The summed E-state index contributed by atoms with van der Waals surface area (Å²) in [7, 11) is 0. The average Bonchev–Trinajstić information content (AvgIpc) is 2.19. The second-order valence-electron chi connectivity index (χ2n) is 4.16. The van der Waals surface area contributed by atoms with Crippen molar-refractivity contribution in [2.75, 3.05) is 19.6 Å². The molecule has 0 aliphatic carbocycles. The highest BCUT2D eigenvalue weighted by molar-refractivity contribution is 4.99. The van der Waals surface area contributed by atoms with E-state index in [4.69, 9.17) is 0 Å². The van der Waals surface area contributed by atoms with Crippen LogP contribution in [0.15, 0.2) is 12.3 Å². The van der Waals surface area contributed by atoms with E-state index in [0.717, 1.165) is 26.1 Å². The third-order valence-electron chi connectivity index (χ3n) is 2.92. The van der Waals surface area contributed by atoms with Gasteiger partial charge in [-0.3, -0.25) is 0 Å². The first kappa shape index (κ1) is 11.6. The van der Waals surface area contributed by atoms with Crippen molar-refractivity contribution in [3.8, 4) is 0 Å². The number of rotatable bonds is 5. The fraction of sp³-hybridized carbons (Fsp3) is 0.833. The monoisotopic (exact) mass is 196 g/mol. The molecule has 1 rings (SSSR count). The van der Waals surface area contributed by atoms with Crippen molar-refractivity contribution in [2.24, 2.45) is 0 Å². The van der Waals surface area contributed by atoms with Crippen LogP contribution in [0.4, 0.5) is 0 Å². The van der Waals surface area contributed by atoms with E-state index in [9.17, 15) is 0 Å². The predicted molar refractivity (Wildman–Crippen MR) is 62.3 cm³/mol. The quantitative estimate of drug-likeness (QED) is 0.726. The topological polar surface area (TPSA) is 15.3 Å². The van der Waals surface area contributed by atoms with Gasteiger partial charge in [0.05, 0.1) is 0 Å². The molecule has 0 aromatic carbocycles. The van der Waals surface area contributed by atoms with E-state index in [0.29, 0.717) is 6.04 Å². The fourth-order valence-electron chi connectivity index (χ4n) is 2.20. The summed E-state index contributed by atoms with van der Waals surface area (Å²) in [6.45, 7) is 12.1. The van der Waals surface area contributed by atoms with Gasteiger partial charge in [-0.15, -0.1) is 0 Å². The van der Waals surface area contributed by atoms with Crippen molar-refractivity contribution in [1.82, 2.24) is 10.2 Å². The van der Waals surface area contributed by atoms with Gasteiger partial charge in [-0.2, -0.15) is 0 Å². The lowest BCUT2D eigenvalue weighted by atomic mass is 10.1. The van der Waals surface area contributed by atoms with Gasteiger partial charge in [-0.1, -0.05) is 33.3 Å². The Bertz CT molecular complexity index is 175. The largest absolute Gasteiger partial charge is 0.370 e. The third-order valence-corrected chi connectivity index (χ3v) is 2.92. The molecule has 1 aliphatic heterocycles. The zero-order valence-corrected chi connectivity index (χ0v) is 9.68. The van der Waals surface area contributed by atoms with Gasteiger partial charge in [-0.25, -0.2) is 0 Å². The Hall–Kier alpha value is -0.500. The molecule has 1 aliphatic rings. The highest BCUT2D eigenvalue weighted by Crippen LogP contribution is 2.17. The van der Waals surface area contributed by atoms with E-state index in [2.05, 4.69) is 30.6 Å². The van der Waals surface area contributed by atoms with Crippen LogP contribution in [-0.4, -0.2) is 30.6 Å². The SMILES string of the molecule is C=C(CCC)N1CCNCC1CCC. The maximum Gasteiger partial charge on any atom is 0.0411 e. The lowest BCUT2D eigenvalue weighted by molar-refractivity contribution is 0.192. The molecule has 0 amide bonds. The van der Waals surface area contributed by atoms with Crippen LogP contribution < -0.4 is 5.32 Å². The molecular weight excluding hydrogens is 172 g/mol. The van der Waals surface area contributed by atoms with E-state index in [1.165, 1.54) is 25.0 Å². The summed E-state index contributed by atoms with van der Waals surface area (Å²) in [5, 5.41) is 3.46. The van der Waals surface area contributed by atoms with Gasteiger partial charge in [0.25, 0.3) is 0 Å². The third kappa shape index (κ3) is 3.02. The number of allylic oxidation sites excluding steroid dienone is 1. The molecule has 0 aromatic heterocycles. The number of hydrogen-bond donors (Lipinski definition) is 1. The molecule has 0 spiro atoms. The molecule has 1 heterocycles. The van der Waals surface area contributed by atoms with Crippen LogP contribution in [0.2, 0.25) is 0 Å². The van der Waals surface area contributed by atoms with Gasteiger partial charge in [0, 0.05) is 31.4 Å². The summed E-state index contributed by atoms with van der Waals surface area (Å²) in [5.74, 6) is 0. The first-order valence-electron chi connectivity index (χ1n) is 5.94. The first-order chi connectivity index (χ1) is 6.79. The maximum absolute atomic E-state index is 4.20. The molecule has 1 saturated heterocycles. The molecule has 14 heavy (non-hydrogen) atoms. The lowest BCUT2D eigenvalue weighted by Crippen LogP contribution is -2.50. The Morgan fingerprint density at radius 2 is 2.21 bits per heavy atom. The highest BCUT2D eigenvalue weighted by atomic mass is 15.2. The second-order valence-corrected chi connectivity index (χ2v) is 4.16. The van der Waals surface area contributed by atoms with Crippen molar-refractivity contribution in [3.63, 3.8) is 0 Å². The Morgan fingerprint density at radius 3 is 2.86 bits per heavy atom. The van der Waals surface area contributed by atoms with Crippen LogP contribution >= 0.6 is 0 Å². The molecule has 2 heteroatoms. The van der Waals surface area contributed by atoms with Crippen molar-refractivity contribution >= 4 is 0 Å². The van der Waals surface area contributed by atoms with Crippen molar-refractivity contribution in [1.29, 1.82) is 0 Å². The average molecular weight is 196 g/mol. The Balaban J connectivity index is 2.48. The first-order valence-corrected chi connectivity index (χ1v) is 5.94. The molecule has 0 saturated carbocycles. The lowest BCUT2D eigenvalue weighted by Gasteiger charge is -2.39. The van der Waals surface area contributed by atoms with E-state index in [1.807, 2.05) is 0 Å². The Kier molecular flexibility index (Phi) is 5.02. The maximum atomic E-state index is 4.20. The molecule has 0 aromatic rings. The van der Waals surface area contributed by atoms with Crippen molar-refractivity contribution in [3.05, 3.63) is 12.3 Å². The summed E-state index contributed by atoms with van der Waals surface area (Å²) in [5.41, 5.74) is 1.34. The summed E-state index contributed by atoms with van der Waals surface area (Å²) in [4.78, 5) is 2.52. The number of hydrogen-bond acceptors (Lipinski definition) is 2. The van der Waals surface area contributed by atoms with Gasteiger partial charge >= 0.3 is 0 Å². The Labute approximate surface area is 88.4 Å². The van der Waals surface area contributed by atoms with Crippen LogP contribution in [0.5, 0.6) is 0 Å². The minimum absolute atomic E-state index is 0.688. The molecule has 0 bridgehead atoms. The molecule has 2 nitrogen and oxygen atoms in total. The molecule has 1 unspecified atom stereocenters. The molecule has 1 atom stereocenters. The number of piperazine rings is 1. The fourth-order valence-corrected chi connectivity index (χ4v) is 2.20. The molecule has 1 N–H and O–H groups in total. The summed E-state index contributed by atoms with van der Waals surface area (Å²) in [6.07, 6.45) is 4.92. The van der Waals surface area contributed by atoms with Crippen LogP contribution in [0.1, 0.15) is 39.5 Å². The Morgan fingerprint density at radius 1 is 1.43 bits per heavy atom. The van der Waals surface area contributed by atoms with E-state index >= 15 is 0 Å². The summed E-state index contributed by atoms with van der Waals surface area (Å²) >= 11 is 0. The van der Waals surface area contributed by atoms with E-state index in [-0.39, 0.29) is 0 Å². The van der Waals surface area contributed by atoms with Gasteiger partial charge in [0.2, 0.25) is 0 Å². The minimum Gasteiger partial charge on any atom is -0.370 e. The molecular formula is C12H24N2. The number of nitrogens with zero attached hydrogens (tertiary/aromatic N) is 1. The normalized spacial score (nSPS) is 22.4. The van der Waals surface area contributed by atoms with Crippen LogP contribution in [-0.2, 0) is 0 Å². The van der Waals surface area contributed by atoms with Gasteiger partial charge < -0.3 is 10.2 Å². The van der Waals surface area contributed by atoms with E-state index < -0.39 is 0 Å². The standard InChI is InChI=1S/C12H24N2/c1-4-6-11(3)14-9-8-13-10-12(14)7-5-2/h12-13H,3-10H2,1-2H3. The smallest absolute Gasteiger partial charge is 0.0411 e. The summed E-state index contributed by atoms with van der Waals surface area (Å²) < 4.78 is 0. The summed E-state index contributed by atoms with van der Waals surface area (Å²) in [6, 6.07) is 0.688. The zero-order valence-electron chi connectivity index (χ0n) is 9.68. The van der Waals surface area contributed by atoms with Crippen LogP contribution in [0.25, 0.3) is 0 Å². The predicted octanol–water partition coefficient (Wildman–Crippen LogP) is 2.37. The zero-order chi connectivity index (χ0) is 10.4. The highest BCUT2D eigenvalue weighted by Gasteiger charge is 2.21. The van der Waals surface area contributed by atoms with Crippen molar-refractivity contribution in [2.45, 2.75) is 45.6 Å². The minimum atomic E-state index is 0.688. The molecule has 0 radical (unpaired) electrons. The molecule has 82 valence electrons. The van der Waals surface area contributed by atoms with E-state index in [1.54, 1.807) is 0 Å².